The van der Waals surface area contributed by atoms with Crippen LogP contribution in [-0.2, 0) is 55.4 Å². The van der Waals surface area contributed by atoms with Gasteiger partial charge in [-0.1, -0.05) is 64.1 Å². The number of carbonyl (C=O) groups excluding carboxylic acids is 6. The molecule has 5 aromatic rings. The Kier molecular flexibility index (Phi) is 17.7. The molecule has 4 aliphatic heterocycles. The first-order chi connectivity index (χ1) is 38.4. The first-order valence-electron chi connectivity index (χ1n) is 26.0. The fourth-order valence-electron chi connectivity index (χ4n) is 10.0. The Labute approximate surface area is 472 Å². The van der Waals surface area contributed by atoms with E-state index >= 15 is 0 Å². The number of carbonyl (C=O) groups is 6. The third kappa shape index (κ3) is 13.2. The van der Waals surface area contributed by atoms with Gasteiger partial charge in [0.25, 0.3) is 27.8 Å². The van der Waals surface area contributed by atoms with Gasteiger partial charge in [-0.3, -0.25) is 48.1 Å². The van der Waals surface area contributed by atoms with E-state index in [1.165, 1.54) is 40.8 Å². The Hall–Kier alpha value is -7.66. The Morgan fingerprint density at radius 1 is 0.900 bits per heavy atom. The number of nitrogens with zero attached hydrogens (tertiary/aromatic N) is 4. The van der Waals surface area contributed by atoms with Crippen molar-refractivity contribution in [3.8, 4) is 17.2 Å². The number of allylic oxidation sites excluding steroid dienone is 1. The molecule has 0 aromatic heterocycles. The molecule has 22 heteroatoms. The van der Waals surface area contributed by atoms with E-state index in [1.54, 1.807) is 60.5 Å². The van der Waals surface area contributed by atoms with Crippen LogP contribution in [0, 0.1) is 0 Å². The van der Waals surface area contributed by atoms with E-state index in [2.05, 4.69) is 16.0 Å². The molecule has 0 spiro atoms. The quantitative estimate of drug-likeness (QED) is 0.0158. The zero-order chi connectivity index (χ0) is 56.7. The largest absolute Gasteiger partial charge is 0.493 e. The smallest absolute Gasteiger partial charge is 0.276 e. The lowest BCUT2D eigenvalue weighted by Crippen LogP contribution is -2.43. The summed E-state index contributed by atoms with van der Waals surface area (Å²) < 4.78 is 52.4. The van der Waals surface area contributed by atoms with Crippen LogP contribution in [0.3, 0.4) is 0 Å². The van der Waals surface area contributed by atoms with Crippen LogP contribution in [0.2, 0.25) is 0 Å². The fourth-order valence-corrected chi connectivity index (χ4v) is 13.6. The number of aliphatic imine (C=N–C) groups is 1. The molecule has 5 aromatic carbocycles. The van der Waals surface area contributed by atoms with E-state index in [1.807, 2.05) is 73.3 Å². The van der Waals surface area contributed by atoms with Gasteiger partial charge in [0.2, 0.25) is 18.2 Å². The third-order valence-corrected chi connectivity index (χ3v) is 18.6. The number of nitrogens with one attached hydrogen (secondary N) is 3. The van der Waals surface area contributed by atoms with Crippen LogP contribution in [0.4, 0.5) is 28.4 Å². The molecule has 0 radical (unpaired) electrons. The van der Waals surface area contributed by atoms with Crippen molar-refractivity contribution >= 4 is 102 Å². The van der Waals surface area contributed by atoms with Crippen LogP contribution in [0.5, 0.6) is 17.2 Å². The molecule has 0 saturated heterocycles. The highest BCUT2D eigenvalue weighted by Gasteiger charge is 2.39. The summed E-state index contributed by atoms with van der Waals surface area (Å²) in [6.07, 6.45) is 6.43. The van der Waals surface area contributed by atoms with Gasteiger partial charge in [-0.15, -0.1) is 0 Å². The summed E-state index contributed by atoms with van der Waals surface area (Å²) in [7, 11) is -0.585. The molecule has 4 aliphatic rings. The molecule has 4 heterocycles. The number of anilines is 4. The van der Waals surface area contributed by atoms with Crippen LogP contribution in [0.15, 0.2) is 114 Å². The van der Waals surface area contributed by atoms with E-state index in [0.717, 1.165) is 33.8 Å². The van der Waals surface area contributed by atoms with E-state index in [4.69, 9.17) is 19.2 Å². The SMILES string of the molecule is C/C=C\C(=O)N(C=O)CCNC(=O)C(CCSSC(C)(C)CCC(=O)Nc1cc(COc2ccc3c(c2)N=CC2Cc4ccccc4N2C3=O)cc(COc2cc3c(cc2OC)C(=O)N2c4ccccc4C[C@H]2CN3)c1)S(=O)(=O)O. The van der Waals surface area contributed by atoms with Crippen LogP contribution < -0.4 is 40.0 Å². The molecule has 19 nitrogen and oxygen atoms in total. The van der Waals surface area contributed by atoms with Crippen molar-refractivity contribution in [3.63, 3.8) is 0 Å². The Balaban J connectivity index is 0.861. The van der Waals surface area contributed by atoms with Gasteiger partial charge >= 0.3 is 0 Å². The Bertz CT molecular complexity index is 3410. The summed E-state index contributed by atoms with van der Waals surface area (Å²) in [5, 5.41) is 7.11. The minimum atomic E-state index is -4.79. The highest BCUT2D eigenvalue weighted by Crippen LogP contribution is 2.43. The third-order valence-electron chi connectivity index (χ3n) is 14.0. The van der Waals surface area contributed by atoms with Gasteiger partial charge in [0.05, 0.1) is 41.7 Å². The molecule has 9 rings (SSSR count). The predicted molar refractivity (Wildman–Crippen MR) is 310 cm³/mol. The average Bonchev–Trinajstić information content (AvgIpc) is 4.00. The van der Waals surface area contributed by atoms with Crippen molar-refractivity contribution in [2.45, 2.75) is 88.2 Å². The van der Waals surface area contributed by atoms with Crippen molar-refractivity contribution in [1.29, 1.82) is 0 Å². The molecule has 4 N–H and O–H groups in total. The average molecular weight is 1140 g/mol. The number of hydrogen-bond donors (Lipinski definition) is 4. The second-order valence-electron chi connectivity index (χ2n) is 20.2. The molecular weight excluding hydrogens is 1080 g/mol. The summed E-state index contributed by atoms with van der Waals surface area (Å²) in [4.78, 5) is 87.1. The maximum Gasteiger partial charge on any atom is 0.276 e. The molecule has 0 aliphatic carbocycles. The van der Waals surface area contributed by atoms with Crippen LogP contribution in [-0.4, -0.2) is 115 Å². The van der Waals surface area contributed by atoms with Gasteiger partial charge < -0.3 is 35.1 Å². The first kappa shape index (κ1) is 57.0. The summed E-state index contributed by atoms with van der Waals surface area (Å²) >= 11 is 0. The molecular formula is C58H61N7O12S3. The number of benzene rings is 5. The van der Waals surface area contributed by atoms with Crippen molar-refractivity contribution in [3.05, 3.63) is 143 Å². The van der Waals surface area contributed by atoms with Crippen molar-refractivity contribution in [1.82, 2.24) is 10.2 Å². The predicted octanol–water partition coefficient (Wildman–Crippen LogP) is 8.34. The zero-order valence-corrected chi connectivity index (χ0v) is 47.0. The number of imide groups is 1. The van der Waals surface area contributed by atoms with Crippen molar-refractivity contribution in [2.75, 3.05) is 52.9 Å². The number of fused-ring (bicyclic) bond motifs is 8. The lowest BCUT2D eigenvalue weighted by molar-refractivity contribution is -0.135. The maximum absolute atomic E-state index is 14.1. The normalized spacial score (nSPS) is 16.4. The van der Waals surface area contributed by atoms with Gasteiger partial charge in [0.15, 0.2) is 16.7 Å². The first-order valence-corrected chi connectivity index (χ1v) is 29.8. The van der Waals surface area contributed by atoms with Crippen LogP contribution >= 0.6 is 21.6 Å². The van der Waals surface area contributed by atoms with Gasteiger partial charge in [0.1, 0.15) is 19.0 Å². The Morgan fingerprint density at radius 3 is 2.31 bits per heavy atom. The number of amides is 6. The van der Waals surface area contributed by atoms with Crippen LogP contribution in [0.1, 0.15) is 83.0 Å². The minimum Gasteiger partial charge on any atom is -0.493 e. The maximum atomic E-state index is 14.1. The lowest BCUT2D eigenvalue weighted by Gasteiger charge is -2.23. The molecule has 418 valence electrons. The highest BCUT2D eigenvalue weighted by atomic mass is 33.1. The molecule has 6 amide bonds. The van der Waals surface area contributed by atoms with Gasteiger partial charge in [-0.25, -0.2) is 0 Å². The number of hydrogen-bond acceptors (Lipinski definition) is 15. The lowest BCUT2D eigenvalue weighted by atomic mass is 10.1. The molecule has 80 heavy (non-hydrogen) atoms. The standard InChI is InChI=1S/C58H61N7O12S3/c1-5-10-54(68)63(35-66)21-20-59-55(69)52(80(72,73)74)18-22-78-79-58(2,3)19-17-53(67)62-40-24-36(33-76-43-15-16-44-46(28-43)60-31-41-26-38-11-6-8-13-48(38)64(41)56(44)70)23-37(25-40)34-77-51-30-47-45(29-50(51)75-4)57(71)65-42(32-61-47)27-39-12-7-9-14-49(39)65/h5-16,23-25,28-31,35,41-42,52,61H,17-22,26-27,32-34H2,1-4H3,(H,59,69)(H,62,67)(H,72,73,74)/b10-5-/t41?,42-,52?/m0/s1. The topological polar surface area (TPSA) is 243 Å². The highest BCUT2D eigenvalue weighted by molar-refractivity contribution is 8.77. The van der Waals surface area contributed by atoms with Crippen molar-refractivity contribution in [2.24, 2.45) is 4.99 Å². The van der Waals surface area contributed by atoms with E-state index in [-0.39, 0.29) is 74.7 Å². The summed E-state index contributed by atoms with van der Waals surface area (Å²) in [6.45, 7) is 5.70. The molecule has 2 unspecified atom stereocenters. The second-order valence-corrected chi connectivity index (χ2v) is 24.9. The van der Waals surface area contributed by atoms with E-state index in [0.29, 0.717) is 82.4 Å². The van der Waals surface area contributed by atoms with Gasteiger partial charge in [-0.2, -0.15) is 8.42 Å². The van der Waals surface area contributed by atoms with Gasteiger partial charge in [-0.05, 0) is 117 Å². The minimum absolute atomic E-state index is 0.0377. The zero-order valence-electron chi connectivity index (χ0n) is 44.5. The Morgan fingerprint density at radius 2 is 1.60 bits per heavy atom. The van der Waals surface area contributed by atoms with Crippen molar-refractivity contribution < 1.29 is 55.9 Å². The number of methoxy groups -OCH3 is 1. The number of ether oxygens (including phenoxy) is 3. The van der Waals surface area contributed by atoms with E-state index < -0.39 is 31.9 Å². The number of para-hydroxylation sites is 2. The summed E-state index contributed by atoms with van der Waals surface area (Å²) in [5.41, 5.74) is 7.86. The monoisotopic (exact) mass is 1140 g/mol. The molecule has 3 atom stereocenters. The fraction of sp³-hybridized carbons (Fsp3) is 0.328. The summed E-state index contributed by atoms with van der Waals surface area (Å²) in [6, 6.07) is 29.7. The number of rotatable bonds is 23. The van der Waals surface area contributed by atoms with Gasteiger partial charge in [0, 0.05) is 78.4 Å². The molecule has 0 bridgehead atoms. The van der Waals surface area contributed by atoms with E-state index in [9.17, 15) is 41.7 Å². The molecule has 0 fully saturated rings. The summed E-state index contributed by atoms with van der Waals surface area (Å²) in [5.74, 6) is -0.719. The molecule has 0 saturated carbocycles. The second kappa shape index (κ2) is 24.8. The van der Waals surface area contributed by atoms with Crippen LogP contribution in [0.25, 0.3) is 0 Å².